The first-order valence-electron chi connectivity index (χ1n) is 6.83. The first-order chi connectivity index (χ1) is 9.16. The molecule has 0 saturated carbocycles. The fourth-order valence-corrected chi connectivity index (χ4v) is 2.67. The number of nitrogens with zero attached hydrogens (tertiary/aromatic N) is 1. The fraction of sp³-hybridized carbons (Fsp3) is 0.846. The van der Waals surface area contributed by atoms with Gasteiger partial charge >= 0.3 is 5.97 Å². The Morgan fingerprint density at radius 1 is 1.11 bits per heavy atom. The molecule has 1 amide bonds. The standard InChI is InChI=1S/C13H21NO5/c15-12(7-10-1-4-18-5-2-10)14-3-6-19-9-11(14)8-13(16)17/h10-11H,1-9H2,(H,16,17)/t11-/m1/s1. The highest BCUT2D eigenvalue weighted by atomic mass is 16.5. The molecule has 1 atom stereocenters. The van der Waals surface area contributed by atoms with Gasteiger partial charge in [-0.3, -0.25) is 9.59 Å². The predicted molar refractivity (Wildman–Crippen MR) is 66.7 cm³/mol. The molecule has 6 nitrogen and oxygen atoms in total. The van der Waals surface area contributed by atoms with Crippen LogP contribution in [0.15, 0.2) is 0 Å². The number of carbonyl (C=O) groups is 2. The molecule has 2 aliphatic heterocycles. The number of carboxylic acids is 1. The maximum atomic E-state index is 12.3. The zero-order valence-electron chi connectivity index (χ0n) is 11.0. The predicted octanol–water partition coefficient (Wildman–Crippen LogP) is 0.505. The normalized spacial score (nSPS) is 25.3. The minimum absolute atomic E-state index is 0.0421. The van der Waals surface area contributed by atoms with Crippen LogP contribution in [0.25, 0.3) is 0 Å². The Morgan fingerprint density at radius 2 is 1.84 bits per heavy atom. The van der Waals surface area contributed by atoms with E-state index >= 15 is 0 Å². The zero-order valence-corrected chi connectivity index (χ0v) is 11.0. The largest absolute Gasteiger partial charge is 0.481 e. The van der Waals surface area contributed by atoms with Gasteiger partial charge in [-0.2, -0.15) is 0 Å². The second kappa shape index (κ2) is 6.86. The minimum atomic E-state index is -0.889. The minimum Gasteiger partial charge on any atom is -0.481 e. The van der Waals surface area contributed by atoms with E-state index in [0.29, 0.717) is 32.1 Å². The van der Waals surface area contributed by atoms with E-state index in [1.165, 1.54) is 0 Å². The van der Waals surface area contributed by atoms with Crippen LogP contribution in [0.3, 0.4) is 0 Å². The van der Waals surface area contributed by atoms with Crippen molar-refractivity contribution in [2.24, 2.45) is 5.92 Å². The molecule has 0 radical (unpaired) electrons. The lowest BCUT2D eigenvalue weighted by Crippen LogP contribution is -2.50. The van der Waals surface area contributed by atoms with Crippen molar-refractivity contribution in [2.75, 3.05) is 33.0 Å². The second-order valence-corrected chi connectivity index (χ2v) is 5.17. The summed E-state index contributed by atoms with van der Waals surface area (Å²) in [6.45, 7) is 2.76. The Hall–Kier alpha value is -1.14. The van der Waals surface area contributed by atoms with Crippen LogP contribution in [-0.2, 0) is 19.1 Å². The number of amides is 1. The van der Waals surface area contributed by atoms with Crippen molar-refractivity contribution >= 4 is 11.9 Å². The van der Waals surface area contributed by atoms with Crippen LogP contribution >= 0.6 is 0 Å². The Bertz CT molecular complexity index is 327. The molecular weight excluding hydrogens is 250 g/mol. The zero-order chi connectivity index (χ0) is 13.7. The highest BCUT2D eigenvalue weighted by Gasteiger charge is 2.30. The molecule has 108 valence electrons. The van der Waals surface area contributed by atoms with Gasteiger partial charge in [0.15, 0.2) is 0 Å². The summed E-state index contributed by atoms with van der Waals surface area (Å²) in [5, 5.41) is 8.88. The van der Waals surface area contributed by atoms with E-state index in [-0.39, 0.29) is 18.4 Å². The molecule has 2 fully saturated rings. The van der Waals surface area contributed by atoms with Gasteiger partial charge in [-0.1, -0.05) is 0 Å². The SMILES string of the molecule is O=C(O)C[C@@H]1COCCN1C(=O)CC1CCOCC1. The summed E-state index contributed by atoms with van der Waals surface area (Å²) < 4.78 is 10.6. The van der Waals surface area contributed by atoms with Gasteiger partial charge in [-0.15, -0.1) is 0 Å². The molecule has 2 rings (SSSR count). The molecule has 0 unspecified atom stereocenters. The van der Waals surface area contributed by atoms with Gasteiger partial charge < -0.3 is 19.5 Å². The first kappa shape index (κ1) is 14.3. The van der Waals surface area contributed by atoms with Crippen LogP contribution in [0, 0.1) is 5.92 Å². The van der Waals surface area contributed by atoms with Crippen LogP contribution in [0.1, 0.15) is 25.7 Å². The summed E-state index contributed by atoms with van der Waals surface area (Å²) >= 11 is 0. The quantitative estimate of drug-likeness (QED) is 0.806. The van der Waals surface area contributed by atoms with Crippen molar-refractivity contribution in [3.8, 4) is 0 Å². The first-order valence-corrected chi connectivity index (χ1v) is 6.83. The van der Waals surface area contributed by atoms with Crippen molar-refractivity contribution < 1.29 is 24.2 Å². The van der Waals surface area contributed by atoms with Crippen LogP contribution in [-0.4, -0.2) is 60.9 Å². The molecule has 0 bridgehead atoms. The summed E-state index contributed by atoms with van der Waals surface area (Å²) in [4.78, 5) is 24.8. The summed E-state index contributed by atoms with van der Waals surface area (Å²) in [6.07, 6.45) is 2.29. The average Bonchev–Trinajstić information content (AvgIpc) is 2.39. The van der Waals surface area contributed by atoms with E-state index in [1.54, 1.807) is 4.90 Å². The molecule has 0 aliphatic carbocycles. The third-order valence-electron chi connectivity index (χ3n) is 3.76. The Kier molecular flexibility index (Phi) is 5.15. The maximum absolute atomic E-state index is 12.3. The van der Waals surface area contributed by atoms with E-state index in [4.69, 9.17) is 14.6 Å². The molecule has 2 saturated heterocycles. The summed E-state index contributed by atoms with van der Waals surface area (Å²) in [5.41, 5.74) is 0. The number of hydrogen-bond donors (Lipinski definition) is 1. The second-order valence-electron chi connectivity index (χ2n) is 5.17. The van der Waals surface area contributed by atoms with Gasteiger partial charge in [0.1, 0.15) is 0 Å². The summed E-state index contributed by atoms with van der Waals surface area (Å²) in [6, 6.07) is -0.321. The van der Waals surface area contributed by atoms with Crippen LogP contribution < -0.4 is 0 Å². The van der Waals surface area contributed by atoms with E-state index in [0.717, 1.165) is 26.1 Å². The lowest BCUT2D eigenvalue weighted by molar-refractivity contribution is -0.147. The lowest BCUT2D eigenvalue weighted by atomic mass is 9.95. The molecule has 0 aromatic heterocycles. The monoisotopic (exact) mass is 271 g/mol. The number of carbonyl (C=O) groups excluding carboxylic acids is 1. The van der Waals surface area contributed by atoms with Gasteiger partial charge in [0.25, 0.3) is 0 Å². The molecule has 0 aromatic carbocycles. The van der Waals surface area contributed by atoms with Gasteiger partial charge in [-0.05, 0) is 18.8 Å². The number of morpholine rings is 1. The molecular formula is C13H21NO5. The van der Waals surface area contributed by atoms with Crippen LogP contribution in [0.4, 0.5) is 0 Å². The van der Waals surface area contributed by atoms with E-state index in [9.17, 15) is 9.59 Å². The molecule has 19 heavy (non-hydrogen) atoms. The smallest absolute Gasteiger partial charge is 0.305 e. The molecule has 6 heteroatoms. The third kappa shape index (κ3) is 4.18. The molecule has 0 aromatic rings. The number of ether oxygens (including phenoxy) is 2. The molecule has 2 aliphatic rings. The molecule has 2 heterocycles. The van der Waals surface area contributed by atoms with Crippen molar-refractivity contribution in [3.05, 3.63) is 0 Å². The highest BCUT2D eigenvalue weighted by molar-refractivity contribution is 5.78. The van der Waals surface area contributed by atoms with Gasteiger partial charge in [0.2, 0.25) is 5.91 Å². The fourth-order valence-electron chi connectivity index (χ4n) is 2.67. The third-order valence-corrected chi connectivity index (χ3v) is 3.76. The van der Waals surface area contributed by atoms with Gasteiger partial charge in [0.05, 0.1) is 25.7 Å². The number of aliphatic carboxylic acids is 1. The van der Waals surface area contributed by atoms with Crippen LogP contribution in [0.2, 0.25) is 0 Å². The maximum Gasteiger partial charge on any atom is 0.305 e. The van der Waals surface area contributed by atoms with Crippen molar-refractivity contribution in [2.45, 2.75) is 31.7 Å². The van der Waals surface area contributed by atoms with Crippen LogP contribution in [0.5, 0.6) is 0 Å². The Labute approximate surface area is 112 Å². The Balaban J connectivity index is 1.88. The highest BCUT2D eigenvalue weighted by Crippen LogP contribution is 2.21. The van der Waals surface area contributed by atoms with Crippen molar-refractivity contribution in [1.82, 2.24) is 4.90 Å². The van der Waals surface area contributed by atoms with Gasteiger partial charge in [0, 0.05) is 26.2 Å². The summed E-state index contributed by atoms with van der Waals surface area (Å²) in [7, 11) is 0. The number of rotatable bonds is 4. The summed E-state index contributed by atoms with van der Waals surface area (Å²) in [5.74, 6) is -0.463. The lowest BCUT2D eigenvalue weighted by Gasteiger charge is -2.36. The Morgan fingerprint density at radius 3 is 2.53 bits per heavy atom. The van der Waals surface area contributed by atoms with E-state index < -0.39 is 5.97 Å². The topological polar surface area (TPSA) is 76.1 Å². The molecule has 1 N–H and O–H groups in total. The van der Waals surface area contributed by atoms with E-state index in [1.807, 2.05) is 0 Å². The number of hydrogen-bond acceptors (Lipinski definition) is 4. The van der Waals surface area contributed by atoms with Crippen molar-refractivity contribution in [3.63, 3.8) is 0 Å². The average molecular weight is 271 g/mol. The van der Waals surface area contributed by atoms with Crippen molar-refractivity contribution in [1.29, 1.82) is 0 Å². The molecule has 0 spiro atoms. The number of carboxylic acid groups (broad SMARTS) is 1. The van der Waals surface area contributed by atoms with E-state index in [2.05, 4.69) is 0 Å². The van der Waals surface area contributed by atoms with Gasteiger partial charge in [-0.25, -0.2) is 0 Å².